The smallest absolute Gasteiger partial charge is 0.297 e. The Balaban J connectivity index is 1.70. The van der Waals surface area contributed by atoms with Crippen molar-refractivity contribution < 1.29 is 13.9 Å². The molecule has 3 heterocycles. The summed E-state index contributed by atoms with van der Waals surface area (Å²) < 4.78 is 11.5. The number of ether oxygens (including phenoxy) is 1. The minimum atomic E-state index is -0.685. The summed E-state index contributed by atoms with van der Waals surface area (Å²) in [4.78, 5) is 28.6. The van der Waals surface area contributed by atoms with Crippen LogP contribution < -0.4 is 15.1 Å². The molecule has 166 valence electrons. The van der Waals surface area contributed by atoms with Crippen molar-refractivity contribution in [2.24, 2.45) is 0 Å². The zero-order valence-electron chi connectivity index (χ0n) is 18.1. The van der Waals surface area contributed by atoms with Gasteiger partial charge < -0.3 is 9.15 Å². The molecule has 1 atom stereocenters. The maximum atomic E-state index is 13.6. The van der Waals surface area contributed by atoms with Gasteiger partial charge in [0.1, 0.15) is 22.9 Å². The fourth-order valence-corrected chi connectivity index (χ4v) is 4.76. The van der Waals surface area contributed by atoms with Crippen LogP contribution in [0.1, 0.15) is 52.5 Å². The van der Waals surface area contributed by atoms with Crippen LogP contribution in [0.15, 0.2) is 70.4 Å². The van der Waals surface area contributed by atoms with Gasteiger partial charge in [0.05, 0.1) is 17.0 Å². The Morgan fingerprint density at radius 1 is 1.15 bits per heavy atom. The van der Waals surface area contributed by atoms with E-state index in [0.717, 1.165) is 10.6 Å². The second kappa shape index (κ2) is 8.29. The molecule has 5 rings (SSSR count). The Labute approximate surface area is 194 Å². The summed E-state index contributed by atoms with van der Waals surface area (Å²) in [5, 5.41) is 10.2. The monoisotopic (exact) mass is 459 g/mol. The van der Waals surface area contributed by atoms with E-state index in [2.05, 4.69) is 16.8 Å². The van der Waals surface area contributed by atoms with Crippen molar-refractivity contribution in [1.29, 1.82) is 0 Å². The quantitative estimate of drug-likeness (QED) is 0.374. The van der Waals surface area contributed by atoms with Gasteiger partial charge in [-0.2, -0.15) is 0 Å². The predicted molar refractivity (Wildman–Crippen MR) is 127 cm³/mol. The molecule has 4 aromatic rings. The van der Waals surface area contributed by atoms with Gasteiger partial charge in [-0.25, -0.2) is 0 Å². The third-order valence-corrected chi connectivity index (χ3v) is 6.69. The minimum Gasteiger partial charge on any atom is -0.490 e. The molecule has 0 bridgehead atoms. The Morgan fingerprint density at radius 3 is 2.61 bits per heavy atom. The number of benzene rings is 2. The van der Waals surface area contributed by atoms with Crippen LogP contribution in [0.25, 0.3) is 11.0 Å². The summed E-state index contributed by atoms with van der Waals surface area (Å²) in [7, 11) is 0. The van der Waals surface area contributed by atoms with E-state index >= 15 is 0 Å². The maximum absolute atomic E-state index is 13.6. The molecule has 1 aliphatic rings. The number of aromatic nitrogens is 2. The van der Waals surface area contributed by atoms with E-state index < -0.39 is 11.9 Å². The number of carbonyl (C=O) groups excluding carboxylic acids is 1. The summed E-state index contributed by atoms with van der Waals surface area (Å²) in [5.74, 6) is 0.463. The van der Waals surface area contributed by atoms with Crippen LogP contribution in [0.2, 0.25) is 0 Å². The Morgan fingerprint density at radius 2 is 1.91 bits per heavy atom. The number of amides is 1. The summed E-state index contributed by atoms with van der Waals surface area (Å²) in [5.41, 5.74) is 1.20. The number of hydrogen-bond acceptors (Lipinski definition) is 7. The van der Waals surface area contributed by atoms with Gasteiger partial charge in [-0.05, 0) is 29.8 Å². The van der Waals surface area contributed by atoms with E-state index in [4.69, 9.17) is 9.15 Å². The first kappa shape index (κ1) is 21.1. The first-order chi connectivity index (χ1) is 16.0. The number of nitrogens with zero attached hydrogens (tertiary/aromatic N) is 3. The third kappa shape index (κ3) is 3.52. The standard InChI is InChI=1S/C25H21N3O4S/c1-4-13-31-16-11-9-15(10-12-16)20-19-21(29)17-7-5-6-8-18(17)32-22(19)24(30)28(20)25-27-26-23(33-25)14(2)3/h4-12,14,20H,1,13H2,2-3H3. The van der Waals surface area contributed by atoms with Crippen molar-refractivity contribution in [2.45, 2.75) is 25.8 Å². The average Bonchev–Trinajstić information content (AvgIpc) is 3.42. The van der Waals surface area contributed by atoms with E-state index in [0.29, 0.717) is 34.0 Å². The summed E-state index contributed by atoms with van der Waals surface area (Å²) in [6.45, 7) is 8.07. The lowest BCUT2D eigenvalue weighted by molar-refractivity contribution is 0.0970. The fourth-order valence-electron chi connectivity index (χ4n) is 3.89. The molecule has 0 aliphatic carbocycles. The van der Waals surface area contributed by atoms with Gasteiger partial charge in [-0.15, -0.1) is 10.2 Å². The molecule has 0 radical (unpaired) electrons. The molecule has 33 heavy (non-hydrogen) atoms. The molecule has 0 spiro atoms. The molecular weight excluding hydrogens is 438 g/mol. The summed E-state index contributed by atoms with van der Waals surface area (Å²) in [6, 6.07) is 13.6. The second-order valence-corrected chi connectivity index (χ2v) is 8.98. The van der Waals surface area contributed by atoms with Gasteiger partial charge in [0.15, 0.2) is 5.43 Å². The van der Waals surface area contributed by atoms with Crippen LogP contribution in [0.3, 0.4) is 0 Å². The predicted octanol–water partition coefficient (Wildman–Crippen LogP) is 5.08. The SMILES string of the molecule is C=CCOc1ccc(C2c3c(oc4ccccc4c3=O)C(=O)N2c2nnc(C(C)C)s2)cc1. The third-order valence-electron chi connectivity index (χ3n) is 5.47. The Bertz CT molecular complexity index is 1420. The number of carbonyl (C=O) groups is 1. The van der Waals surface area contributed by atoms with Crippen molar-refractivity contribution in [2.75, 3.05) is 11.5 Å². The van der Waals surface area contributed by atoms with Gasteiger partial charge in [0.25, 0.3) is 5.91 Å². The highest BCUT2D eigenvalue weighted by molar-refractivity contribution is 7.15. The van der Waals surface area contributed by atoms with Crippen molar-refractivity contribution in [3.63, 3.8) is 0 Å². The number of anilines is 1. The first-order valence-electron chi connectivity index (χ1n) is 10.6. The van der Waals surface area contributed by atoms with Crippen molar-refractivity contribution in [1.82, 2.24) is 10.2 Å². The van der Waals surface area contributed by atoms with Gasteiger partial charge in [0.2, 0.25) is 10.9 Å². The lowest BCUT2D eigenvalue weighted by Crippen LogP contribution is -2.29. The zero-order chi connectivity index (χ0) is 23.1. The van der Waals surface area contributed by atoms with Crippen LogP contribution in [0.5, 0.6) is 5.75 Å². The summed E-state index contributed by atoms with van der Waals surface area (Å²) in [6.07, 6.45) is 1.67. The van der Waals surface area contributed by atoms with Crippen LogP contribution in [0.4, 0.5) is 5.13 Å². The molecule has 1 aliphatic heterocycles. The Kier molecular flexibility index (Phi) is 5.30. The molecule has 0 saturated carbocycles. The van der Waals surface area contributed by atoms with E-state index in [1.54, 1.807) is 30.3 Å². The summed E-state index contributed by atoms with van der Waals surface area (Å²) >= 11 is 1.34. The number of hydrogen-bond donors (Lipinski definition) is 0. The lowest BCUT2D eigenvalue weighted by atomic mass is 9.98. The second-order valence-electron chi connectivity index (χ2n) is 7.99. The largest absolute Gasteiger partial charge is 0.490 e. The normalized spacial score (nSPS) is 15.3. The van der Waals surface area contributed by atoms with Crippen LogP contribution in [-0.4, -0.2) is 22.7 Å². The van der Waals surface area contributed by atoms with E-state index in [1.807, 2.05) is 38.1 Å². The number of fused-ring (bicyclic) bond motifs is 2. The number of para-hydroxylation sites is 1. The Hall–Kier alpha value is -3.78. The van der Waals surface area contributed by atoms with Gasteiger partial charge in [0, 0.05) is 5.92 Å². The molecule has 0 saturated heterocycles. The topological polar surface area (TPSA) is 85.5 Å². The minimum absolute atomic E-state index is 0.0389. The molecule has 0 N–H and O–H groups in total. The molecule has 0 fully saturated rings. The molecule has 1 unspecified atom stereocenters. The van der Waals surface area contributed by atoms with Gasteiger partial charge >= 0.3 is 0 Å². The highest BCUT2D eigenvalue weighted by atomic mass is 32.1. The molecular formula is C25H21N3O4S. The van der Waals surface area contributed by atoms with Gasteiger partial charge in [-0.1, -0.05) is 62.1 Å². The van der Waals surface area contributed by atoms with Crippen LogP contribution >= 0.6 is 11.3 Å². The van der Waals surface area contributed by atoms with Crippen LogP contribution in [0, 0.1) is 0 Å². The highest BCUT2D eigenvalue weighted by Crippen LogP contribution is 2.42. The average molecular weight is 460 g/mol. The van der Waals surface area contributed by atoms with Crippen molar-refractivity contribution in [3.05, 3.63) is 93.3 Å². The van der Waals surface area contributed by atoms with Crippen molar-refractivity contribution in [3.8, 4) is 5.75 Å². The number of rotatable bonds is 6. The molecule has 2 aromatic heterocycles. The van der Waals surface area contributed by atoms with Crippen LogP contribution in [-0.2, 0) is 0 Å². The molecule has 8 heteroatoms. The van der Waals surface area contributed by atoms with E-state index in [9.17, 15) is 9.59 Å². The maximum Gasteiger partial charge on any atom is 0.297 e. The van der Waals surface area contributed by atoms with E-state index in [1.165, 1.54) is 16.2 Å². The fraction of sp³-hybridized carbons (Fsp3) is 0.200. The lowest BCUT2D eigenvalue weighted by Gasteiger charge is -2.22. The van der Waals surface area contributed by atoms with E-state index in [-0.39, 0.29) is 17.1 Å². The highest BCUT2D eigenvalue weighted by Gasteiger charge is 2.45. The molecule has 2 aromatic carbocycles. The zero-order valence-corrected chi connectivity index (χ0v) is 19.0. The first-order valence-corrected chi connectivity index (χ1v) is 11.4. The molecule has 1 amide bonds. The van der Waals surface area contributed by atoms with Gasteiger partial charge in [-0.3, -0.25) is 14.5 Å². The van der Waals surface area contributed by atoms with Crippen molar-refractivity contribution >= 4 is 33.3 Å². The molecule has 7 nitrogen and oxygen atoms in total.